The molecule has 66 heavy (non-hydrogen) atoms. The van der Waals surface area contributed by atoms with Crippen LogP contribution in [0.4, 0.5) is 32.5 Å². The molecule has 11 rings (SSSR count). The second-order valence-corrected chi connectivity index (χ2v) is 22.2. The first-order valence-corrected chi connectivity index (χ1v) is 25.4. The van der Waals surface area contributed by atoms with Crippen LogP contribution >= 0.6 is 0 Å². The third kappa shape index (κ3) is 6.34. The average molecular weight is 895 g/mol. The van der Waals surface area contributed by atoms with Gasteiger partial charge in [0.15, 0.2) is 5.60 Å². The lowest BCUT2D eigenvalue weighted by Gasteiger charge is -2.31. The lowest BCUT2D eigenvalue weighted by atomic mass is 9.82. The zero-order valence-electron chi connectivity index (χ0n) is 36.8. The van der Waals surface area contributed by atoms with Crippen LogP contribution in [-0.4, -0.2) is 61.3 Å². The number of aliphatic hydroxyl groups excluding tert-OH is 1. The number of hydrogen-bond acceptors (Lipinski definition) is 6. The Hall–Kier alpha value is -6.99. The van der Waals surface area contributed by atoms with Crippen LogP contribution in [0.5, 0.6) is 0 Å². The van der Waals surface area contributed by atoms with Gasteiger partial charge in [0.1, 0.15) is 0 Å². The molecule has 1 N–H and O–H groups in total. The van der Waals surface area contributed by atoms with Crippen LogP contribution in [0.25, 0.3) is 21.5 Å². The van der Waals surface area contributed by atoms with Crippen molar-refractivity contribution in [3.8, 4) is 0 Å². The van der Waals surface area contributed by atoms with E-state index in [9.17, 15) is 19.5 Å². The van der Waals surface area contributed by atoms with Gasteiger partial charge in [-0.3, -0.25) is 29.0 Å². The second-order valence-electron chi connectivity index (χ2n) is 18.4. The van der Waals surface area contributed by atoms with Gasteiger partial charge in [0.05, 0.1) is 53.9 Å². The molecule has 1 fully saturated rings. The minimum Gasteiger partial charge on any atom is -0.395 e. The van der Waals surface area contributed by atoms with E-state index < -0.39 is 31.6 Å². The van der Waals surface area contributed by atoms with Crippen LogP contribution < -0.4 is 14.7 Å². The number of hydrogen-bond donors (Lipinski definition) is 1. The molecule has 0 saturated carbocycles. The Bertz CT molecular complexity index is 3150. The van der Waals surface area contributed by atoms with Gasteiger partial charge in [0.25, 0.3) is 17.7 Å². The number of ether oxygens (including phenoxy) is 1. The van der Waals surface area contributed by atoms with E-state index in [1.54, 1.807) is 32.7 Å². The zero-order chi connectivity index (χ0) is 45.6. The van der Waals surface area contributed by atoms with Crippen molar-refractivity contribution in [2.24, 2.45) is 5.92 Å². The molecule has 12 heteroatoms. The first-order chi connectivity index (χ1) is 31.9. The lowest BCUT2D eigenvalue weighted by molar-refractivity contribution is -0.150. The summed E-state index contributed by atoms with van der Waals surface area (Å²) in [7, 11) is -3.69. The van der Waals surface area contributed by atoms with Crippen molar-refractivity contribution in [3.05, 3.63) is 173 Å². The normalized spacial score (nSPS) is 20.7. The Morgan fingerprint density at radius 3 is 1.88 bits per heavy atom. The highest BCUT2D eigenvalue weighted by atomic mass is 28.4. The van der Waals surface area contributed by atoms with Crippen LogP contribution in [-0.2, 0) is 33.0 Å². The smallest absolute Gasteiger partial charge is 0.264 e. The number of carbonyl (C=O) groups is 4. The molecule has 4 aliphatic heterocycles. The molecule has 0 aliphatic carbocycles. The Morgan fingerprint density at radius 1 is 0.712 bits per heavy atom. The molecule has 4 atom stereocenters. The number of rotatable bonds is 11. The maximum atomic E-state index is 17.0. The molecule has 1 saturated heterocycles. The molecule has 10 nitrogen and oxygen atoms in total. The van der Waals surface area contributed by atoms with Crippen molar-refractivity contribution in [1.82, 2.24) is 4.90 Å². The van der Waals surface area contributed by atoms with Crippen molar-refractivity contribution >= 4 is 82.0 Å². The number of benzene rings is 7. The van der Waals surface area contributed by atoms with E-state index in [0.717, 1.165) is 44.0 Å². The van der Waals surface area contributed by atoms with Gasteiger partial charge in [-0.2, -0.15) is 0 Å². The molecule has 0 unspecified atom stereocenters. The van der Waals surface area contributed by atoms with Crippen molar-refractivity contribution in [1.29, 1.82) is 0 Å². The van der Waals surface area contributed by atoms with Crippen LogP contribution in [0.3, 0.4) is 0 Å². The molecule has 4 aliphatic rings. The molecular formula is C54H47FN4O6Si. The molecule has 0 aromatic heterocycles. The fourth-order valence-electron chi connectivity index (χ4n) is 11.3. The number of amides is 4. The standard InChI is InChI=1S/C54H47FN4O6Si/c1-33-50(66(2,3)55)46(30-47(61)56(27-28-60)31-34-11-5-4-6-12-34)65-54(33)42-29-39(59-45-20-10-16-37-14-8-18-41(49(37)45)52(59)63)25-26-43(42)57(53(54)64)32-35-21-23-38(24-22-35)58-44-19-9-15-36-13-7-17-40(48(36)44)51(58)62/h4-26,29,33,46,50,60H,27-28,30-32H2,1-3H3/t33-,46+,50-,54+/m0/s1. The highest BCUT2D eigenvalue weighted by Gasteiger charge is 2.67. The summed E-state index contributed by atoms with van der Waals surface area (Å²) in [5, 5.41) is 13.7. The maximum absolute atomic E-state index is 17.0. The van der Waals surface area contributed by atoms with Gasteiger partial charge in [0, 0.05) is 52.3 Å². The number of aliphatic hydroxyl groups is 1. The molecule has 4 amide bonds. The van der Waals surface area contributed by atoms with Gasteiger partial charge >= 0.3 is 0 Å². The van der Waals surface area contributed by atoms with E-state index in [2.05, 4.69) is 0 Å². The monoisotopic (exact) mass is 894 g/mol. The number of nitrogens with zero attached hydrogens (tertiary/aromatic N) is 4. The summed E-state index contributed by atoms with van der Waals surface area (Å²) < 4.78 is 24.1. The molecule has 0 radical (unpaired) electrons. The highest BCUT2D eigenvalue weighted by Crippen LogP contribution is 2.61. The summed E-state index contributed by atoms with van der Waals surface area (Å²) in [6, 6.07) is 45.6. The maximum Gasteiger partial charge on any atom is 0.264 e. The SMILES string of the molecule is C[C@H]1[C@H]([Si](C)(C)F)[C@@H](CC(=O)N(CCO)Cc2ccccc2)O[C@]12C(=O)N(Cc1ccc(N3C(=O)c4cccc5cccc3c45)cc1)c1ccc(N3C(=O)c4cccc5cccc3c45)cc12. The predicted octanol–water partition coefficient (Wildman–Crippen LogP) is 10.3. The van der Waals surface area contributed by atoms with Crippen molar-refractivity contribution in [3.63, 3.8) is 0 Å². The van der Waals surface area contributed by atoms with E-state index in [1.165, 1.54) is 0 Å². The second kappa shape index (κ2) is 15.6. The van der Waals surface area contributed by atoms with Crippen LogP contribution in [0.15, 0.2) is 146 Å². The van der Waals surface area contributed by atoms with E-state index >= 15 is 8.90 Å². The van der Waals surface area contributed by atoms with Gasteiger partial charge in [-0.15, -0.1) is 0 Å². The van der Waals surface area contributed by atoms with Gasteiger partial charge in [-0.25, -0.2) is 0 Å². The zero-order valence-corrected chi connectivity index (χ0v) is 37.8. The molecular weight excluding hydrogens is 848 g/mol. The quantitative estimate of drug-likeness (QED) is 0.102. The minimum absolute atomic E-state index is 0.0769. The Balaban J connectivity index is 0.978. The summed E-state index contributed by atoms with van der Waals surface area (Å²) >= 11 is 0. The number of fused-ring (bicyclic) bond motifs is 2. The average Bonchev–Trinajstić information content (AvgIpc) is 3.96. The van der Waals surface area contributed by atoms with Crippen LogP contribution in [0.1, 0.15) is 50.8 Å². The van der Waals surface area contributed by atoms with Crippen molar-refractivity contribution in [2.45, 2.75) is 56.8 Å². The Kier molecular flexibility index (Phi) is 9.84. The van der Waals surface area contributed by atoms with Gasteiger partial charge in [0.2, 0.25) is 14.3 Å². The predicted molar refractivity (Wildman–Crippen MR) is 257 cm³/mol. The minimum atomic E-state index is -3.69. The first kappa shape index (κ1) is 41.7. The fraction of sp³-hybridized carbons (Fsp3) is 0.222. The molecule has 4 heterocycles. The molecule has 7 aromatic carbocycles. The molecule has 0 bridgehead atoms. The van der Waals surface area contributed by atoms with Crippen molar-refractivity contribution in [2.75, 3.05) is 27.9 Å². The van der Waals surface area contributed by atoms with Gasteiger partial charge < -0.3 is 23.8 Å². The summed E-state index contributed by atoms with van der Waals surface area (Å²) in [5.41, 5.74) is 4.25. The highest BCUT2D eigenvalue weighted by molar-refractivity contribution is 6.72. The summed E-state index contributed by atoms with van der Waals surface area (Å²) in [4.78, 5) is 64.6. The topological polar surface area (TPSA) is 111 Å². The van der Waals surface area contributed by atoms with E-state index in [4.69, 9.17) is 4.74 Å². The van der Waals surface area contributed by atoms with Gasteiger partial charge in [-0.05, 0) is 89.6 Å². The molecule has 7 aromatic rings. The fourth-order valence-corrected chi connectivity index (χ4v) is 13.8. The van der Waals surface area contributed by atoms with Crippen LogP contribution in [0, 0.1) is 5.92 Å². The largest absolute Gasteiger partial charge is 0.395 e. The lowest BCUT2D eigenvalue weighted by Crippen LogP contribution is -2.45. The van der Waals surface area contributed by atoms with Gasteiger partial charge in [-0.1, -0.05) is 97.9 Å². The molecule has 330 valence electrons. The third-order valence-corrected chi connectivity index (χ3v) is 16.6. The summed E-state index contributed by atoms with van der Waals surface area (Å²) in [5.74, 6) is -1.71. The molecule has 1 spiro atoms. The first-order valence-electron chi connectivity index (χ1n) is 22.5. The van der Waals surface area contributed by atoms with E-state index in [0.29, 0.717) is 33.8 Å². The summed E-state index contributed by atoms with van der Waals surface area (Å²) in [6.45, 7) is 5.26. The van der Waals surface area contributed by atoms with Crippen molar-refractivity contribution < 1.29 is 33.1 Å². The number of anilines is 5. The van der Waals surface area contributed by atoms with Crippen LogP contribution in [0.2, 0.25) is 18.6 Å². The third-order valence-electron chi connectivity index (χ3n) is 14.2. The number of carbonyl (C=O) groups excluding carboxylic acids is 4. The summed E-state index contributed by atoms with van der Waals surface area (Å²) in [6.07, 6.45) is -1.16. The number of halogens is 1. The van der Waals surface area contributed by atoms with E-state index in [1.807, 2.05) is 153 Å². The Morgan fingerprint density at radius 2 is 1.29 bits per heavy atom. The van der Waals surface area contributed by atoms with E-state index in [-0.39, 0.29) is 56.3 Å². The Labute approximate surface area is 382 Å².